The van der Waals surface area contributed by atoms with Crippen molar-refractivity contribution in [3.8, 4) is 0 Å². The van der Waals surface area contributed by atoms with E-state index in [-0.39, 0.29) is 15.9 Å². The van der Waals surface area contributed by atoms with E-state index in [0.717, 1.165) is 22.7 Å². The maximum absolute atomic E-state index is 12.6. The first-order chi connectivity index (χ1) is 8.38. The van der Waals surface area contributed by atoms with Crippen LogP contribution in [0.3, 0.4) is 0 Å². The van der Waals surface area contributed by atoms with Crippen molar-refractivity contribution in [3.05, 3.63) is 38.6 Å². The van der Waals surface area contributed by atoms with Crippen molar-refractivity contribution in [2.75, 3.05) is 0 Å². The zero-order valence-corrected chi connectivity index (χ0v) is 11.5. The van der Waals surface area contributed by atoms with E-state index < -0.39 is 11.7 Å². The molecule has 0 saturated heterocycles. The summed E-state index contributed by atoms with van der Waals surface area (Å²) in [6.07, 6.45) is -4.51. The summed E-state index contributed by atoms with van der Waals surface area (Å²) in [5, 5.41) is -0.187. The molecule has 9 heteroatoms. The van der Waals surface area contributed by atoms with Gasteiger partial charge < -0.3 is 0 Å². The molecule has 0 bridgehead atoms. The van der Waals surface area contributed by atoms with Gasteiger partial charge in [0.05, 0.1) is 16.3 Å². The quantitative estimate of drug-likeness (QED) is 0.692. The average molecular weight is 331 g/mol. The lowest BCUT2D eigenvalue weighted by Crippen LogP contribution is -2.05. The van der Waals surface area contributed by atoms with E-state index >= 15 is 0 Å². The zero-order valence-electron chi connectivity index (χ0n) is 8.33. The molecule has 0 unspecified atom stereocenters. The number of benzene rings is 1. The van der Waals surface area contributed by atoms with Crippen LogP contribution in [0.2, 0.25) is 10.2 Å². The van der Waals surface area contributed by atoms with Crippen molar-refractivity contribution in [1.82, 2.24) is 4.37 Å². The Kier molecular flexibility index (Phi) is 3.96. The van der Waals surface area contributed by atoms with Gasteiger partial charge in [-0.15, -0.1) is 0 Å². The molecule has 0 N–H and O–H groups in total. The number of hydrogen-bond donors (Lipinski definition) is 0. The van der Waals surface area contributed by atoms with Crippen molar-refractivity contribution in [1.29, 1.82) is 0 Å². The van der Waals surface area contributed by atoms with Crippen molar-refractivity contribution in [2.24, 2.45) is 4.99 Å². The molecule has 0 fully saturated rings. The highest BCUT2D eigenvalue weighted by Gasteiger charge is 2.33. The molecule has 96 valence electrons. The topological polar surface area (TPSA) is 25.2 Å². The number of hydrogen-bond acceptors (Lipinski definition) is 4. The van der Waals surface area contributed by atoms with E-state index in [2.05, 4.69) is 9.37 Å². The SMILES string of the molecule is FC(F)(F)c1cc(N=c2ssnc2Cl)ccc1Cl. The smallest absolute Gasteiger partial charge is 0.234 e. The fourth-order valence-electron chi connectivity index (χ4n) is 1.14. The van der Waals surface area contributed by atoms with Crippen LogP contribution in [-0.2, 0) is 6.18 Å². The van der Waals surface area contributed by atoms with Gasteiger partial charge in [0.15, 0.2) is 9.82 Å². The Labute approximate surface area is 117 Å². The predicted octanol–water partition coefficient (Wildman–Crippen LogP) is 4.76. The second-order valence-corrected chi connectivity index (χ2v) is 5.72. The van der Waals surface area contributed by atoms with Crippen molar-refractivity contribution in [2.45, 2.75) is 6.18 Å². The van der Waals surface area contributed by atoms with E-state index in [9.17, 15) is 13.2 Å². The summed E-state index contributed by atoms with van der Waals surface area (Å²) in [4.78, 5) is 3.99. The molecule has 2 aromatic rings. The average Bonchev–Trinajstić information content (AvgIpc) is 2.66. The Morgan fingerprint density at radius 2 is 1.94 bits per heavy atom. The van der Waals surface area contributed by atoms with Gasteiger partial charge in [0.25, 0.3) is 0 Å². The lowest BCUT2D eigenvalue weighted by molar-refractivity contribution is -0.137. The molecule has 1 heterocycles. The van der Waals surface area contributed by atoms with Crippen LogP contribution < -0.4 is 4.67 Å². The van der Waals surface area contributed by atoms with E-state index in [1.165, 1.54) is 16.4 Å². The second kappa shape index (κ2) is 5.16. The first-order valence-electron chi connectivity index (χ1n) is 4.41. The summed E-state index contributed by atoms with van der Waals surface area (Å²) in [6, 6.07) is 3.42. The molecule has 18 heavy (non-hydrogen) atoms. The van der Waals surface area contributed by atoms with Crippen LogP contribution in [-0.4, -0.2) is 4.37 Å². The summed E-state index contributed by atoms with van der Waals surface area (Å²) in [5.41, 5.74) is -0.792. The van der Waals surface area contributed by atoms with Gasteiger partial charge in [0.2, 0.25) is 0 Å². The standard InChI is InChI=1S/C9H3Cl2F3N2S2/c10-6-2-1-4(3-5(6)9(12,13)14)15-8-7(11)16-18-17-8/h1-3H. The third-order valence-electron chi connectivity index (χ3n) is 1.90. The van der Waals surface area contributed by atoms with Crippen LogP contribution in [0.15, 0.2) is 23.2 Å². The van der Waals surface area contributed by atoms with Crippen molar-refractivity contribution in [3.63, 3.8) is 0 Å². The Bertz CT molecular complexity index is 633. The van der Waals surface area contributed by atoms with Gasteiger partial charge >= 0.3 is 6.18 Å². The minimum Gasteiger partial charge on any atom is -0.234 e. The van der Waals surface area contributed by atoms with Crippen LogP contribution in [0.4, 0.5) is 18.9 Å². The Morgan fingerprint density at radius 1 is 1.22 bits per heavy atom. The first kappa shape index (κ1) is 13.8. The molecule has 0 atom stereocenters. The molecule has 1 aromatic carbocycles. The third-order valence-corrected chi connectivity index (χ3v) is 4.40. The minimum atomic E-state index is -4.51. The zero-order chi connectivity index (χ0) is 13.3. The fourth-order valence-corrected chi connectivity index (χ4v) is 3.36. The van der Waals surface area contributed by atoms with E-state index in [1.807, 2.05) is 0 Å². The fraction of sp³-hybridized carbons (Fsp3) is 0.111. The predicted molar refractivity (Wildman–Crippen MR) is 66.7 cm³/mol. The molecule has 0 spiro atoms. The maximum Gasteiger partial charge on any atom is 0.417 e. The normalized spacial score (nSPS) is 13.1. The largest absolute Gasteiger partial charge is 0.417 e. The summed E-state index contributed by atoms with van der Waals surface area (Å²) >= 11 is 11.2. The number of nitrogens with zero attached hydrogens (tertiary/aromatic N) is 2. The molecular formula is C9H3Cl2F3N2S2. The van der Waals surface area contributed by atoms with Gasteiger partial charge in [-0.05, 0) is 28.5 Å². The number of aromatic nitrogens is 1. The van der Waals surface area contributed by atoms with Gasteiger partial charge in [0, 0.05) is 10.5 Å². The molecule has 0 radical (unpaired) electrons. The van der Waals surface area contributed by atoms with Crippen LogP contribution in [0.1, 0.15) is 5.56 Å². The molecule has 0 amide bonds. The van der Waals surface area contributed by atoms with E-state index in [0.29, 0.717) is 4.67 Å². The summed E-state index contributed by atoms with van der Waals surface area (Å²) in [7, 11) is 2.30. The van der Waals surface area contributed by atoms with Crippen molar-refractivity contribution >= 4 is 49.8 Å². The Hall–Kier alpha value is -0.630. The van der Waals surface area contributed by atoms with Gasteiger partial charge in [-0.3, -0.25) is 0 Å². The number of alkyl halides is 3. The summed E-state index contributed by atoms with van der Waals surface area (Å²) < 4.78 is 42.0. The lowest BCUT2D eigenvalue weighted by Gasteiger charge is -2.08. The van der Waals surface area contributed by atoms with E-state index in [1.54, 1.807) is 0 Å². The van der Waals surface area contributed by atoms with Crippen molar-refractivity contribution < 1.29 is 13.2 Å². The molecular weight excluding hydrogens is 328 g/mol. The molecule has 2 rings (SSSR count). The summed E-state index contributed by atoms with van der Waals surface area (Å²) in [5.74, 6) is 0. The molecule has 0 aliphatic heterocycles. The van der Waals surface area contributed by atoms with Crippen LogP contribution in [0, 0.1) is 0 Å². The highest BCUT2D eigenvalue weighted by molar-refractivity contribution is 7.66. The first-order valence-corrected chi connectivity index (χ1v) is 7.27. The molecule has 0 aliphatic carbocycles. The summed E-state index contributed by atoms with van der Waals surface area (Å²) in [6.45, 7) is 0. The second-order valence-electron chi connectivity index (χ2n) is 3.12. The van der Waals surface area contributed by atoms with Crippen LogP contribution in [0.5, 0.6) is 0 Å². The molecule has 0 aliphatic rings. The van der Waals surface area contributed by atoms with E-state index in [4.69, 9.17) is 23.2 Å². The van der Waals surface area contributed by atoms with Crippen LogP contribution >= 0.6 is 44.1 Å². The lowest BCUT2D eigenvalue weighted by atomic mass is 10.2. The van der Waals surface area contributed by atoms with Gasteiger partial charge in [-0.1, -0.05) is 23.2 Å². The Balaban J connectivity index is 2.53. The van der Waals surface area contributed by atoms with Gasteiger partial charge in [-0.25, -0.2) is 4.99 Å². The molecule has 2 nitrogen and oxygen atoms in total. The number of halogens is 5. The monoisotopic (exact) mass is 330 g/mol. The van der Waals surface area contributed by atoms with Gasteiger partial charge in [-0.2, -0.15) is 17.5 Å². The molecule has 1 aromatic heterocycles. The maximum atomic E-state index is 12.6. The van der Waals surface area contributed by atoms with Gasteiger partial charge in [0.1, 0.15) is 0 Å². The number of rotatable bonds is 1. The Morgan fingerprint density at radius 3 is 2.50 bits per heavy atom. The minimum absolute atomic E-state index is 0.130. The highest BCUT2D eigenvalue weighted by atomic mass is 35.5. The third kappa shape index (κ3) is 3.03. The molecule has 0 saturated carbocycles. The highest BCUT2D eigenvalue weighted by Crippen LogP contribution is 2.36. The van der Waals surface area contributed by atoms with Crippen LogP contribution in [0.25, 0.3) is 0 Å².